The molecule has 0 aliphatic rings. The average molecular weight is 418 g/mol. The lowest BCUT2D eigenvalue weighted by Gasteiger charge is -2.09. The maximum Gasteiger partial charge on any atom is 0.349 e. The molecule has 3 aromatic carbocycles. The van der Waals surface area contributed by atoms with Crippen molar-refractivity contribution in [2.24, 2.45) is 0 Å². The van der Waals surface area contributed by atoms with E-state index in [9.17, 15) is 9.59 Å². The van der Waals surface area contributed by atoms with E-state index >= 15 is 0 Å². The zero-order chi connectivity index (χ0) is 22.1. The Kier molecular flexibility index (Phi) is 7.82. The second-order valence-corrected chi connectivity index (χ2v) is 7.26. The van der Waals surface area contributed by atoms with Gasteiger partial charge >= 0.3 is 11.9 Å². The Balaban J connectivity index is 1.45. The lowest BCUT2D eigenvalue weighted by atomic mass is 10.1. The topological polar surface area (TPSA) is 61.8 Å². The first-order valence-electron chi connectivity index (χ1n) is 10.2. The Morgan fingerprint density at radius 1 is 0.806 bits per heavy atom. The molecule has 5 nitrogen and oxygen atoms in total. The van der Waals surface area contributed by atoms with Crippen molar-refractivity contribution in [1.82, 2.24) is 0 Å². The van der Waals surface area contributed by atoms with Crippen LogP contribution in [0.5, 0.6) is 11.5 Å². The first kappa shape index (κ1) is 22.1. The molecule has 0 bridgehead atoms. The third-order valence-corrected chi connectivity index (χ3v) is 4.82. The first-order valence-corrected chi connectivity index (χ1v) is 10.2. The molecule has 5 heteroatoms. The third kappa shape index (κ3) is 7.00. The van der Waals surface area contributed by atoms with Crippen LogP contribution < -0.4 is 9.47 Å². The van der Waals surface area contributed by atoms with Crippen LogP contribution in [0.1, 0.15) is 33.5 Å². The minimum atomic E-state index is -0.549. The molecule has 0 atom stereocenters. The van der Waals surface area contributed by atoms with E-state index in [2.05, 4.69) is 0 Å². The highest BCUT2D eigenvalue weighted by atomic mass is 16.6. The smallest absolute Gasteiger partial charge is 0.349 e. The van der Waals surface area contributed by atoms with Gasteiger partial charge in [-0.3, -0.25) is 0 Å². The van der Waals surface area contributed by atoms with Gasteiger partial charge in [0.15, 0.2) is 6.61 Å². The molecule has 0 heterocycles. The molecular formula is C26H26O5. The number of carbonyl (C=O) groups is 2. The van der Waals surface area contributed by atoms with E-state index in [-0.39, 0.29) is 12.4 Å². The summed E-state index contributed by atoms with van der Waals surface area (Å²) in [6.07, 6.45) is 1.58. The summed E-state index contributed by atoms with van der Waals surface area (Å²) in [5.41, 5.74) is 3.77. The standard InChI is InChI=1S/C26H26O5/c1-19-13-14-23(16-20(19)2)30-18-25(27)31-24-12-6-11-22(17-24)26(28)29-15-7-10-21-8-4-3-5-9-21/h3-6,8-9,11-14,16-17H,7,10,15,18H2,1-2H3. The van der Waals surface area contributed by atoms with Crippen LogP contribution in [-0.4, -0.2) is 25.2 Å². The molecule has 31 heavy (non-hydrogen) atoms. The van der Waals surface area contributed by atoms with Crippen LogP contribution in [-0.2, 0) is 16.0 Å². The second-order valence-electron chi connectivity index (χ2n) is 7.26. The van der Waals surface area contributed by atoms with Crippen LogP contribution in [0, 0.1) is 13.8 Å². The van der Waals surface area contributed by atoms with Gasteiger partial charge in [-0.15, -0.1) is 0 Å². The Morgan fingerprint density at radius 3 is 2.39 bits per heavy atom. The van der Waals surface area contributed by atoms with E-state index < -0.39 is 11.9 Å². The molecule has 0 saturated heterocycles. The maximum atomic E-state index is 12.3. The fourth-order valence-electron chi connectivity index (χ4n) is 2.96. The molecule has 0 radical (unpaired) electrons. The van der Waals surface area contributed by atoms with Crippen LogP contribution in [0.2, 0.25) is 0 Å². The number of carbonyl (C=O) groups excluding carboxylic acids is 2. The van der Waals surface area contributed by atoms with E-state index in [1.807, 2.05) is 62.4 Å². The van der Waals surface area contributed by atoms with E-state index in [0.29, 0.717) is 17.9 Å². The number of benzene rings is 3. The Hall–Kier alpha value is -3.60. The van der Waals surface area contributed by atoms with Crippen LogP contribution >= 0.6 is 0 Å². The fourth-order valence-corrected chi connectivity index (χ4v) is 2.96. The summed E-state index contributed by atoms with van der Waals surface area (Å²) in [5.74, 6) is -0.121. The van der Waals surface area contributed by atoms with E-state index in [1.54, 1.807) is 18.2 Å². The van der Waals surface area contributed by atoms with Crippen molar-refractivity contribution >= 4 is 11.9 Å². The van der Waals surface area contributed by atoms with Gasteiger partial charge in [0.05, 0.1) is 12.2 Å². The summed E-state index contributed by atoms with van der Waals surface area (Å²) < 4.78 is 16.1. The Morgan fingerprint density at radius 2 is 1.61 bits per heavy atom. The number of ether oxygens (including phenoxy) is 3. The molecule has 3 aromatic rings. The third-order valence-electron chi connectivity index (χ3n) is 4.82. The van der Waals surface area contributed by atoms with Crippen LogP contribution in [0.15, 0.2) is 72.8 Å². The average Bonchev–Trinajstić information content (AvgIpc) is 2.78. The number of esters is 2. The highest BCUT2D eigenvalue weighted by molar-refractivity contribution is 5.90. The first-order chi connectivity index (χ1) is 15.0. The van der Waals surface area contributed by atoms with Gasteiger partial charge in [-0.2, -0.15) is 0 Å². The molecule has 0 aromatic heterocycles. The van der Waals surface area contributed by atoms with Gasteiger partial charge in [0.2, 0.25) is 0 Å². The van der Waals surface area contributed by atoms with Gasteiger partial charge in [0, 0.05) is 0 Å². The quantitative estimate of drug-likeness (QED) is 0.276. The van der Waals surface area contributed by atoms with Crippen molar-refractivity contribution in [2.75, 3.05) is 13.2 Å². The molecule has 0 aliphatic heterocycles. The summed E-state index contributed by atoms with van der Waals surface area (Å²) in [6.45, 7) is 4.08. The van der Waals surface area contributed by atoms with Crippen LogP contribution in [0.3, 0.4) is 0 Å². The van der Waals surface area contributed by atoms with Crippen LogP contribution in [0.4, 0.5) is 0 Å². The summed E-state index contributed by atoms with van der Waals surface area (Å²) in [7, 11) is 0. The van der Waals surface area contributed by atoms with Gasteiger partial charge in [-0.05, 0) is 73.7 Å². The molecule has 0 unspecified atom stereocenters. The zero-order valence-electron chi connectivity index (χ0n) is 17.8. The molecule has 160 valence electrons. The minimum Gasteiger partial charge on any atom is -0.482 e. The van der Waals surface area contributed by atoms with Gasteiger partial charge < -0.3 is 14.2 Å². The van der Waals surface area contributed by atoms with Gasteiger partial charge in [0.1, 0.15) is 11.5 Å². The van der Waals surface area contributed by atoms with Gasteiger partial charge in [-0.25, -0.2) is 9.59 Å². The summed E-state index contributed by atoms with van der Waals surface area (Å²) in [5, 5.41) is 0. The highest BCUT2D eigenvalue weighted by Gasteiger charge is 2.11. The molecule has 0 amide bonds. The lowest BCUT2D eigenvalue weighted by Crippen LogP contribution is -2.18. The van der Waals surface area contributed by atoms with Crippen molar-refractivity contribution in [1.29, 1.82) is 0 Å². The minimum absolute atomic E-state index is 0.226. The largest absolute Gasteiger partial charge is 0.482 e. The van der Waals surface area contributed by atoms with Crippen molar-refractivity contribution in [3.05, 3.63) is 95.1 Å². The summed E-state index contributed by atoms with van der Waals surface area (Å²) in [4.78, 5) is 24.4. The molecular weight excluding hydrogens is 392 g/mol. The normalized spacial score (nSPS) is 10.4. The van der Waals surface area contributed by atoms with Crippen LogP contribution in [0.25, 0.3) is 0 Å². The number of hydrogen-bond donors (Lipinski definition) is 0. The monoisotopic (exact) mass is 418 g/mol. The molecule has 0 saturated carbocycles. The van der Waals surface area contributed by atoms with Crippen molar-refractivity contribution < 1.29 is 23.8 Å². The second kappa shape index (κ2) is 11.0. The predicted octanol–water partition coefficient (Wildman–Crippen LogP) is 5.08. The number of hydrogen-bond acceptors (Lipinski definition) is 5. The van der Waals surface area contributed by atoms with Gasteiger partial charge in [0.25, 0.3) is 0 Å². The molecule has 3 rings (SSSR count). The molecule has 0 spiro atoms. The Labute approximate surface area is 182 Å². The summed E-state index contributed by atoms with van der Waals surface area (Å²) in [6, 6.07) is 22.0. The van der Waals surface area contributed by atoms with Gasteiger partial charge in [-0.1, -0.05) is 42.5 Å². The molecule has 0 aliphatic carbocycles. The highest BCUT2D eigenvalue weighted by Crippen LogP contribution is 2.18. The van der Waals surface area contributed by atoms with Crippen molar-refractivity contribution in [3.8, 4) is 11.5 Å². The molecule has 0 fully saturated rings. The number of aryl methyl sites for hydroxylation is 3. The SMILES string of the molecule is Cc1ccc(OCC(=O)Oc2cccc(C(=O)OCCCc3ccccc3)c2)cc1C. The predicted molar refractivity (Wildman–Crippen MR) is 119 cm³/mol. The summed E-state index contributed by atoms with van der Waals surface area (Å²) >= 11 is 0. The Bertz CT molecular complexity index is 1030. The van der Waals surface area contributed by atoms with E-state index in [0.717, 1.165) is 24.0 Å². The van der Waals surface area contributed by atoms with E-state index in [4.69, 9.17) is 14.2 Å². The fraction of sp³-hybridized carbons (Fsp3) is 0.231. The lowest BCUT2D eigenvalue weighted by molar-refractivity contribution is -0.136. The number of rotatable bonds is 9. The molecule has 0 N–H and O–H groups in total. The maximum absolute atomic E-state index is 12.3. The van der Waals surface area contributed by atoms with Crippen molar-refractivity contribution in [3.63, 3.8) is 0 Å². The van der Waals surface area contributed by atoms with Crippen molar-refractivity contribution in [2.45, 2.75) is 26.7 Å². The zero-order valence-corrected chi connectivity index (χ0v) is 17.8. The van der Waals surface area contributed by atoms with E-state index in [1.165, 1.54) is 11.6 Å².